The smallest absolute Gasteiger partial charge is 0.217 e. The SMILES string of the molecule is CC(C)c1cc(C(C)C)c(N2C(c3[c-]c(Oc4ccc5cccc(O)c5n4)ccc3)=N[C@H]3c4ccccc4CC[C@H]32)c(C(C)C)c1.[Pt]. The molecule has 5 aromatic rings. The van der Waals surface area contributed by atoms with Gasteiger partial charge in [0.05, 0.1) is 17.9 Å². The number of amidine groups is 1. The first-order valence-corrected chi connectivity index (χ1v) is 16.6. The van der Waals surface area contributed by atoms with Crippen molar-refractivity contribution in [1.82, 2.24) is 4.98 Å². The minimum atomic E-state index is 0. The molecule has 6 heteroatoms. The third-order valence-electron chi connectivity index (χ3n) is 9.51. The zero-order valence-electron chi connectivity index (χ0n) is 27.9. The molecule has 7 rings (SSSR count). The number of aromatic nitrogens is 1. The largest absolute Gasteiger partial charge is 0.506 e. The third kappa shape index (κ3) is 6.11. The van der Waals surface area contributed by atoms with Gasteiger partial charge in [-0.2, -0.15) is 0 Å². The average Bonchev–Trinajstić information content (AvgIpc) is 3.44. The topological polar surface area (TPSA) is 58.0 Å². The van der Waals surface area contributed by atoms with Gasteiger partial charge in [-0.1, -0.05) is 96.1 Å². The molecule has 0 fully saturated rings. The number of hydrogen-bond acceptors (Lipinski definition) is 5. The number of ether oxygens (including phenoxy) is 1. The summed E-state index contributed by atoms with van der Waals surface area (Å²) < 4.78 is 6.27. The van der Waals surface area contributed by atoms with Crippen LogP contribution in [0.2, 0.25) is 0 Å². The Morgan fingerprint density at radius 2 is 1.55 bits per heavy atom. The summed E-state index contributed by atoms with van der Waals surface area (Å²) in [5, 5.41) is 11.2. The van der Waals surface area contributed by atoms with Gasteiger partial charge < -0.3 is 19.7 Å². The second-order valence-corrected chi connectivity index (χ2v) is 13.6. The molecule has 0 spiro atoms. The van der Waals surface area contributed by atoms with Crippen LogP contribution in [0, 0.1) is 6.07 Å². The number of para-hydroxylation sites is 1. The number of fused-ring (bicyclic) bond motifs is 4. The fraction of sp³-hybridized carbons (Fsp3) is 0.317. The number of aliphatic imine (C=N–C) groups is 1. The number of anilines is 1. The van der Waals surface area contributed by atoms with E-state index in [4.69, 9.17) is 9.73 Å². The Morgan fingerprint density at radius 3 is 2.28 bits per heavy atom. The van der Waals surface area contributed by atoms with Crippen LogP contribution in [0.1, 0.15) is 105 Å². The molecule has 1 N–H and O–H groups in total. The molecule has 0 saturated carbocycles. The molecule has 0 bridgehead atoms. The first-order valence-electron chi connectivity index (χ1n) is 16.6. The Bertz CT molecular complexity index is 1940. The molecule has 0 radical (unpaired) electrons. The van der Waals surface area contributed by atoms with Crippen molar-refractivity contribution < 1.29 is 30.9 Å². The number of benzene rings is 4. The van der Waals surface area contributed by atoms with E-state index in [1.165, 1.54) is 33.5 Å². The maximum Gasteiger partial charge on any atom is 0.217 e. The van der Waals surface area contributed by atoms with Gasteiger partial charge in [0.1, 0.15) is 11.3 Å². The van der Waals surface area contributed by atoms with Gasteiger partial charge in [-0.05, 0) is 70.5 Å². The van der Waals surface area contributed by atoms with Crippen molar-refractivity contribution in [3.63, 3.8) is 0 Å². The molecule has 0 unspecified atom stereocenters. The normalized spacial score (nSPS) is 17.1. The summed E-state index contributed by atoms with van der Waals surface area (Å²) in [6.07, 6.45) is 2.05. The zero-order valence-corrected chi connectivity index (χ0v) is 30.2. The molecule has 2 aliphatic rings. The van der Waals surface area contributed by atoms with Gasteiger partial charge in [-0.15, -0.1) is 23.8 Å². The molecule has 5 nitrogen and oxygen atoms in total. The summed E-state index contributed by atoms with van der Waals surface area (Å²) in [5.74, 6) is 3.16. The van der Waals surface area contributed by atoms with Crippen molar-refractivity contribution in [3.8, 4) is 17.4 Å². The van der Waals surface area contributed by atoms with E-state index in [1.807, 2.05) is 36.4 Å². The second kappa shape index (κ2) is 13.3. The van der Waals surface area contributed by atoms with Gasteiger partial charge in [0.25, 0.3) is 0 Å². The predicted octanol–water partition coefficient (Wildman–Crippen LogP) is 10.2. The van der Waals surface area contributed by atoms with Crippen LogP contribution in [0.5, 0.6) is 17.4 Å². The molecule has 1 aliphatic carbocycles. The molecule has 1 aliphatic heterocycles. The fourth-order valence-corrected chi connectivity index (χ4v) is 7.08. The summed E-state index contributed by atoms with van der Waals surface area (Å²) in [6.45, 7) is 13.8. The van der Waals surface area contributed by atoms with Crippen molar-refractivity contribution in [2.75, 3.05) is 4.90 Å². The van der Waals surface area contributed by atoms with Gasteiger partial charge in [0.15, 0.2) is 0 Å². The maximum atomic E-state index is 10.4. The third-order valence-corrected chi connectivity index (χ3v) is 9.51. The summed E-state index contributed by atoms with van der Waals surface area (Å²) >= 11 is 0. The average molecular weight is 804 g/mol. The van der Waals surface area contributed by atoms with Gasteiger partial charge in [-0.25, -0.2) is 4.98 Å². The minimum Gasteiger partial charge on any atom is -0.506 e. The molecule has 0 amide bonds. The first kappa shape index (κ1) is 33.0. The Hall–Kier alpha value is -3.95. The van der Waals surface area contributed by atoms with E-state index in [9.17, 15) is 5.11 Å². The van der Waals surface area contributed by atoms with E-state index in [1.54, 1.807) is 6.07 Å². The van der Waals surface area contributed by atoms with Crippen molar-refractivity contribution >= 4 is 22.4 Å². The van der Waals surface area contributed by atoms with Crippen molar-refractivity contribution in [2.24, 2.45) is 4.99 Å². The summed E-state index contributed by atoms with van der Waals surface area (Å²) in [7, 11) is 0. The Labute approximate surface area is 293 Å². The molecule has 2 atom stereocenters. The number of hydrogen-bond donors (Lipinski definition) is 1. The monoisotopic (exact) mass is 803 g/mol. The number of phenolic OH excluding ortho intramolecular Hbond substituents is 1. The number of nitrogens with zero attached hydrogens (tertiary/aromatic N) is 3. The molecule has 47 heavy (non-hydrogen) atoms. The zero-order chi connectivity index (χ0) is 32.1. The van der Waals surface area contributed by atoms with E-state index >= 15 is 0 Å². The Morgan fingerprint density at radius 1 is 0.830 bits per heavy atom. The van der Waals surface area contributed by atoms with Crippen LogP contribution < -0.4 is 9.64 Å². The molecule has 2 heterocycles. The van der Waals surface area contributed by atoms with E-state index in [2.05, 4.69) is 100.0 Å². The summed E-state index contributed by atoms with van der Waals surface area (Å²) in [5.41, 5.74) is 9.54. The summed E-state index contributed by atoms with van der Waals surface area (Å²) in [4.78, 5) is 12.7. The van der Waals surface area contributed by atoms with Gasteiger partial charge >= 0.3 is 0 Å². The van der Waals surface area contributed by atoms with E-state index in [0.717, 1.165) is 29.6 Å². The minimum absolute atomic E-state index is 0. The Balaban J connectivity index is 0.00000386. The van der Waals surface area contributed by atoms with E-state index < -0.39 is 0 Å². The first-order chi connectivity index (χ1) is 22.2. The molecule has 0 saturated heterocycles. The molecular formula is C41H42N3O2Pt-. The van der Waals surface area contributed by atoms with E-state index in [0.29, 0.717) is 34.9 Å². The van der Waals surface area contributed by atoms with Crippen LogP contribution in [0.15, 0.2) is 89.9 Å². The molecule has 244 valence electrons. The number of phenols is 1. The molecule has 4 aromatic carbocycles. The predicted molar refractivity (Wildman–Crippen MR) is 188 cm³/mol. The van der Waals surface area contributed by atoms with Crippen LogP contribution >= 0.6 is 0 Å². The molecule has 1 aromatic heterocycles. The fourth-order valence-electron chi connectivity index (χ4n) is 7.08. The van der Waals surface area contributed by atoms with Crippen LogP contribution in [0.4, 0.5) is 5.69 Å². The van der Waals surface area contributed by atoms with Crippen LogP contribution in [0.25, 0.3) is 10.9 Å². The standard InChI is InChI=1S/C41H42N3O2.Pt/c1-24(2)30-22-33(25(3)4)40(34(23-30)26(5)6)44-35-19-17-27-11-7-8-15-32(27)39(35)43-41(44)29-13-9-14-31(21-29)46-37-20-18-28-12-10-16-36(45)38(28)42-37;/h7-16,18,20,22-26,35,39,45H,17,19H2,1-6H3;/q-1;/t35-,39+;/m1./s1. The summed E-state index contributed by atoms with van der Waals surface area (Å²) in [6, 6.07) is 32.6. The number of aromatic hydroxyl groups is 1. The number of aryl methyl sites for hydroxylation is 1. The number of rotatable bonds is 7. The Kier molecular flexibility index (Phi) is 9.31. The van der Waals surface area contributed by atoms with E-state index in [-0.39, 0.29) is 38.9 Å². The maximum absolute atomic E-state index is 10.4. The number of pyridine rings is 1. The van der Waals surface area contributed by atoms with Gasteiger partial charge in [0, 0.05) is 44.0 Å². The quantitative estimate of drug-likeness (QED) is 0.167. The van der Waals surface area contributed by atoms with Crippen LogP contribution in [-0.4, -0.2) is 22.0 Å². The van der Waals surface area contributed by atoms with Gasteiger partial charge in [-0.3, -0.25) is 0 Å². The molecular weight excluding hydrogens is 762 g/mol. The van der Waals surface area contributed by atoms with Crippen molar-refractivity contribution in [3.05, 3.63) is 124 Å². The van der Waals surface area contributed by atoms with Gasteiger partial charge in [0.2, 0.25) is 5.88 Å². The van der Waals surface area contributed by atoms with Crippen molar-refractivity contribution in [1.29, 1.82) is 0 Å². The van der Waals surface area contributed by atoms with Crippen molar-refractivity contribution in [2.45, 2.75) is 84.2 Å². The van der Waals surface area contributed by atoms with Crippen LogP contribution in [-0.2, 0) is 27.5 Å². The van der Waals surface area contributed by atoms with Crippen LogP contribution in [0.3, 0.4) is 0 Å². The second-order valence-electron chi connectivity index (χ2n) is 13.6.